The van der Waals surface area contributed by atoms with E-state index in [1.54, 1.807) is 16.8 Å². The van der Waals surface area contributed by atoms with Gasteiger partial charge >= 0.3 is 12.0 Å². The van der Waals surface area contributed by atoms with Crippen molar-refractivity contribution in [2.24, 2.45) is 5.92 Å². The third kappa shape index (κ3) is 3.17. The minimum Gasteiger partial charge on any atom is -0.481 e. The molecule has 0 radical (unpaired) electrons. The largest absolute Gasteiger partial charge is 0.481 e. The van der Waals surface area contributed by atoms with Crippen LogP contribution in [0.5, 0.6) is 0 Å². The highest BCUT2D eigenvalue weighted by atomic mass is 16.4. The monoisotopic (exact) mass is 290 g/mol. The van der Waals surface area contributed by atoms with E-state index >= 15 is 0 Å². The lowest BCUT2D eigenvalue weighted by atomic mass is 9.92. The molecule has 2 amide bonds. The predicted molar refractivity (Wildman–Crippen MR) is 81.5 cm³/mol. The fourth-order valence-electron chi connectivity index (χ4n) is 2.92. The molecule has 0 aromatic heterocycles. The molecule has 21 heavy (non-hydrogen) atoms. The molecule has 1 heterocycles. The summed E-state index contributed by atoms with van der Waals surface area (Å²) in [6, 6.07) is 7.62. The van der Waals surface area contributed by atoms with Gasteiger partial charge in [0.2, 0.25) is 0 Å². The van der Waals surface area contributed by atoms with Gasteiger partial charge in [0.25, 0.3) is 0 Å². The summed E-state index contributed by atoms with van der Waals surface area (Å²) < 4.78 is 0. The van der Waals surface area contributed by atoms with E-state index in [0.717, 1.165) is 11.3 Å². The van der Waals surface area contributed by atoms with Crippen LogP contribution >= 0.6 is 0 Å². The number of amides is 2. The lowest BCUT2D eigenvalue weighted by Gasteiger charge is -2.38. The van der Waals surface area contributed by atoms with Crippen molar-refractivity contribution in [2.45, 2.75) is 32.7 Å². The summed E-state index contributed by atoms with van der Waals surface area (Å²) in [7, 11) is 1.76. The maximum atomic E-state index is 12.6. The van der Waals surface area contributed by atoms with Gasteiger partial charge in [-0.25, -0.2) is 4.79 Å². The zero-order valence-electron chi connectivity index (χ0n) is 12.7. The molecule has 0 aliphatic carbocycles. The van der Waals surface area contributed by atoms with Crippen molar-refractivity contribution in [3.05, 3.63) is 29.8 Å². The topological polar surface area (TPSA) is 60.9 Å². The highest BCUT2D eigenvalue weighted by Crippen LogP contribution is 2.26. The van der Waals surface area contributed by atoms with Crippen LogP contribution in [0.25, 0.3) is 0 Å². The van der Waals surface area contributed by atoms with Crippen LogP contribution < -0.4 is 4.90 Å². The Balaban J connectivity index is 2.10. The first-order valence-electron chi connectivity index (χ1n) is 7.24. The minimum atomic E-state index is -0.763. The number of nitrogens with zero attached hydrogens (tertiary/aromatic N) is 2. The summed E-state index contributed by atoms with van der Waals surface area (Å²) in [5.74, 6) is -1.10. The molecule has 2 unspecified atom stereocenters. The number of hydrogen-bond acceptors (Lipinski definition) is 2. The van der Waals surface area contributed by atoms with Crippen molar-refractivity contribution < 1.29 is 14.7 Å². The summed E-state index contributed by atoms with van der Waals surface area (Å²) in [5.41, 5.74) is 1.93. The van der Waals surface area contributed by atoms with E-state index in [1.807, 2.05) is 38.1 Å². The van der Waals surface area contributed by atoms with E-state index in [-0.39, 0.29) is 18.0 Å². The average Bonchev–Trinajstić information content (AvgIpc) is 2.46. The van der Waals surface area contributed by atoms with Crippen LogP contribution in [0.2, 0.25) is 0 Å². The van der Waals surface area contributed by atoms with Gasteiger partial charge in [-0.2, -0.15) is 0 Å². The Morgan fingerprint density at radius 1 is 1.33 bits per heavy atom. The predicted octanol–water partition coefficient (Wildman–Crippen LogP) is 2.74. The molecule has 1 aliphatic heterocycles. The van der Waals surface area contributed by atoms with E-state index in [2.05, 4.69) is 0 Å². The molecular weight excluding hydrogens is 268 g/mol. The maximum Gasteiger partial charge on any atom is 0.324 e. The number of anilines is 1. The van der Waals surface area contributed by atoms with Crippen molar-refractivity contribution in [1.29, 1.82) is 0 Å². The zero-order chi connectivity index (χ0) is 15.6. The molecule has 5 heteroatoms. The quantitative estimate of drug-likeness (QED) is 0.911. The molecular formula is C16H22N2O3. The van der Waals surface area contributed by atoms with Crippen LogP contribution in [0, 0.1) is 12.8 Å². The molecule has 114 valence electrons. The number of carboxylic acids is 1. The summed E-state index contributed by atoms with van der Waals surface area (Å²) >= 11 is 0. The van der Waals surface area contributed by atoms with Gasteiger partial charge in [0.05, 0.1) is 5.92 Å². The minimum absolute atomic E-state index is 0.0566. The van der Waals surface area contributed by atoms with Crippen molar-refractivity contribution in [3.63, 3.8) is 0 Å². The van der Waals surface area contributed by atoms with Gasteiger partial charge in [0.1, 0.15) is 0 Å². The third-order valence-corrected chi connectivity index (χ3v) is 4.23. The molecule has 1 aromatic rings. The first-order valence-corrected chi connectivity index (χ1v) is 7.24. The Morgan fingerprint density at radius 3 is 2.57 bits per heavy atom. The number of carbonyl (C=O) groups excluding carboxylic acids is 1. The lowest BCUT2D eigenvalue weighted by molar-refractivity contribution is -0.143. The molecule has 0 bridgehead atoms. The number of aryl methyl sites for hydroxylation is 1. The van der Waals surface area contributed by atoms with E-state index in [9.17, 15) is 9.59 Å². The second-order valence-electron chi connectivity index (χ2n) is 5.73. The average molecular weight is 290 g/mol. The van der Waals surface area contributed by atoms with Crippen molar-refractivity contribution in [2.75, 3.05) is 18.5 Å². The van der Waals surface area contributed by atoms with Gasteiger partial charge in [-0.1, -0.05) is 18.2 Å². The number of urea groups is 1. The van der Waals surface area contributed by atoms with Crippen LogP contribution in [-0.2, 0) is 4.79 Å². The second kappa shape index (κ2) is 6.16. The third-order valence-electron chi connectivity index (χ3n) is 4.23. The van der Waals surface area contributed by atoms with Crippen LogP contribution in [0.4, 0.5) is 10.5 Å². The van der Waals surface area contributed by atoms with E-state index in [4.69, 9.17) is 5.11 Å². The van der Waals surface area contributed by atoms with Crippen molar-refractivity contribution in [1.82, 2.24) is 4.90 Å². The molecule has 2 rings (SSSR count). The number of para-hydroxylation sites is 1. The van der Waals surface area contributed by atoms with Gasteiger partial charge in [-0.3, -0.25) is 9.69 Å². The van der Waals surface area contributed by atoms with Gasteiger partial charge in [-0.05, 0) is 38.3 Å². The molecule has 0 spiro atoms. The van der Waals surface area contributed by atoms with Gasteiger partial charge in [0, 0.05) is 25.3 Å². The molecule has 0 saturated carbocycles. The molecule has 1 N–H and O–H groups in total. The van der Waals surface area contributed by atoms with Crippen molar-refractivity contribution in [3.8, 4) is 0 Å². The Kier molecular flexibility index (Phi) is 4.50. The standard InChI is InChI=1S/C16H22N2O3/c1-11-6-4-5-7-14(11)17(3)16(21)18-9-8-13(15(19)20)10-12(18)2/h4-7,12-13H,8-10H2,1-3H3,(H,19,20). The number of carbonyl (C=O) groups is 2. The molecule has 5 nitrogen and oxygen atoms in total. The number of carboxylic acid groups (broad SMARTS) is 1. The Morgan fingerprint density at radius 2 is 2.00 bits per heavy atom. The summed E-state index contributed by atoms with van der Waals surface area (Å²) in [6.07, 6.45) is 1.04. The fourth-order valence-corrected chi connectivity index (χ4v) is 2.92. The van der Waals surface area contributed by atoms with Crippen LogP contribution in [0.3, 0.4) is 0 Å². The number of aliphatic carboxylic acids is 1. The second-order valence-corrected chi connectivity index (χ2v) is 5.73. The highest BCUT2D eigenvalue weighted by Gasteiger charge is 2.33. The SMILES string of the molecule is Cc1ccccc1N(C)C(=O)N1CCC(C(=O)O)CC1C. The maximum absolute atomic E-state index is 12.6. The summed E-state index contributed by atoms with van der Waals surface area (Å²) in [4.78, 5) is 27.1. The number of likely N-dealkylation sites (tertiary alicyclic amines) is 1. The fraction of sp³-hybridized carbons (Fsp3) is 0.500. The number of hydrogen-bond donors (Lipinski definition) is 1. The number of benzene rings is 1. The van der Waals surface area contributed by atoms with E-state index < -0.39 is 5.97 Å². The smallest absolute Gasteiger partial charge is 0.324 e. The molecule has 1 fully saturated rings. The number of rotatable bonds is 2. The summed E-state index contributed by atoms with van der Waals surface area (Å²) in [6.45, 7) is 4.38. The first kappa shape index (κ1) is 15.4. The van der Waals surface area contributed by atoms with Gasteiger partial charge in [0.15, 0.2) is 0 Å². The lowest BCUT2D eigenvalue weighted by Crippen LogP contribution is -2.50. The van der Waals surface area contributed by atoms with E-state index in [1.165, 1.54) is 0 Å². The Hall–Kier alpha value is -2.04. The zero-order valence-corrected chi connectivity index (χ0v) is 12.7. The Labute approximate surface area is 125 Å². The number of piperidine rings is 1. The highest BCUT2D eigenvalue weighted by molar-refractivity contribution is 5.92. The van der Waals surface area contributed by atoms with Crippen LogP contribution in [0.15, 0.2) is 24.3 Å². The molecule has 1 saturated heterocycles. The molecule has 1 aliphatic rings. The van der Waals surface area contributed by atoms with Gasteiger partial charge < -0.3 is 10.0 Å². The van der Waals surface area contributed by atoms with Gasteiger partial charge in [-0.15, -0.1) is 0 Å². The molecule has 1 aromatic carbocycles. The Bertz CT molecular complexity index is 544. The first-order chi connectivity index (χ1) is 9.91. The molecule has 2 atom stereocenters. The van der Waals surface area contributed by atoms with E-state index in [0.29, 0.717) is 19.4 Å². The van der Waals surface area contributed by atoms with Crippen LogP contribution in [0.1, 0.15) is 25.3 Å². The summed E-state index contributed by atoms with van der Waals surface area (Å²) in [5, 5.41) is 9.09. The van der Waals surface area contributed by atoms with Crippen molar-refractivity contribution >= 4 is 17.7 Å². The normalized spacial score (nSPS) is 22.0. The van der Waals surface area contributed by atoms with Crippen LogP contribution in [-0.4, -0.2) is 41.6 Å².